The molecule has 1 heterocycles. The van der Waals surface area contributed by atoms with Gasteiger partial charge in [0.05, 0.1) is 0 Å². The highest BCUT2D eigenvalue weighted by Crippen LogP contribution is 2.08. The maximum Gasteiger partial charge on any atom is 0.0104 e. The summed E-state index contributed by atoms with van der Waals surface area (Å²) >= 11 is 1.85. The van der Waals surface area contributed by atoms with E-state index in [2.05, 4.69) is 48.6 Å². The zero-order valence-electron chi connectivity index (χ0n) is 11.4. The first-order valence-corrected chi connectivity index (χ1v) is 7.52. The number of nitrogens with one attached hydrogen (secondary N) is 1. The Morgan fingerprint density at radius 2 is 2.24 bits per heavy atom. The molecule has 17 heavy (non-hydrogen) atoms. The second kappa shape index (κ2) is 8.67. The van der Waals surface area contributed by atoms with Crippen LogP contribution >= 0.6 is 11.3 Å². The Labute approximate surface area is 110 Å². The number of hydrogen-bond acceptors (Lipinski definition) is 3. The molecule has 1 unspecified atom stereocenters. The molecular weight excluding hydrogens is 228 g/mol. The fourth-order valence-electron chi connectivity index (χ4n) is 1.81. The van der Waals surface area contributed by atoms with Crippen molar-refractivity contribution in [3.8, 4) is 0 Å². The van der Waals surface area contributed by atoms with E-state index < -0.39 is 0 Å². The van der Waals surface area contributed by atoms with Crippen LogP contribution in [0.2, 0.25) is 0 Å². The second-order valence-corrected chi connectivity index (χ2v) is 5.89. The summed E-state index contributed by atoms with van der Waals surface area (Å²) in [5.74, 6) is 0.811. The number of hydrogen-bond donors (Lipinski definition) is 1. The summed E-state index contributed by atoms with van der Waals surface area (Å²) in [6.07, 6.45) is 2.43. The van der Waals surface area contributed by atoms with Crippen LogP contribution in [-0.2, 0) is 6.42 Å². The lowest BCUT2D eigenvalue weighted by atomic mass is 10.1. The van der Waals surface area contributed by atoms with Crippen LogP contribution in [0.1, 0.15) is 25.1 Å². The summed E-state index contributed by atoms with van der Waals surface area (Å²) < 4.78 is 0. The third kappa shape index (κ3) is 6.81. The molecule has 0 saturated carbocycles. The summed E-state index contributed by atoms with van der Waals surface area (Å²) in [6.45, 7) is 9.13. The molecule has 98 valence electrons. The largest absolute Gasteiger partial charge is 0.315 e. The monoisotopic (exact) mass is 254 g/mol. The second-order valence-electron chi connectivity index (χ2n) is 4.86. The molecule has 0 fully saturated rings. The molecule has 0 saturated heterocycles. The van der Waals surface area contributed by atoms with Gasteiger partial charge in [-0.25, -0.2) is 0 Å². The molecule has 0 aliphatic carbocycles. The molecule has 0 amide bonds. The van der Waals surface area contributed by atoms with Crippen molar-refractivity contribution in [1.82, 2.24) is 10.2 Å². The third-order valence-electron chi connectivity index (χ3n) is 3.12. The van der Waals surface area contributed by atoms with Gasteiger partial charge in [0.1, 0.15) is 0 Å². The average Bonchev–Trinajstić information content (AvgIpc) is 2.81. The number of thiophene rings is 1. The maximum absolute atomic E-state index is 3.51. The average molecular weight is 254 g/mol. The highest BCUT2D eigenvalue weighted by Gasteiger charge is 2.03. The first kappa shape index (κ1) is 14.7. The van der Waals surface area contributed by atoms with Gasteiger partial charge in [0.15, 0.2) is 0 Å². The molecule has 0 spiro atoms. The minimum atomic E-state index is 0.811. The smallest absolute Gasteiger partial charge is 0.0104 e. The topological polar surface area (TPSA) is 15.3 Å². The lowest BCUT2D eigenvalue weighted by Gasteiger charge is -2.20. The van der Waals surface area contributed by atoms with Crippen LogP contribution in [-0.4, -0.2) is 38.1 Å². The van der Waals surface area contributed by atoms with E-state index in [9.17, 15) is 0 Å². The predicted molar refractivity (Wildman–Crippen MR) is 77.8 cm³/mol. The fourth-order valence-corrected chi connectivity index (χ4v) is 2.52. The van der Waals surface area contributed by atoms with Gasteiger partial charge in [0.25, 0.3) is 0 Å². The SMILES string of the molecule is CCC(C)CN(C)CCNCCc1cccs1. The van der Waals surface area contributed by atoms with E-state index in [1.165, 1.54) is 17.8 Å². The van der Waals surface area contributed by atoms with Crippen LogP contribution in [0.25, 0.3) is 0 Å². The van der Waals surface area contributed by atoms with Crippen LogP contribution in [0.4, 0.5) is 0 Å². The third-order valence-corrected chi connectivity index (χ3v) is 4.06. The predicted octanol–water partition coefficient (Wildman–Crippen LogP) is 2.86. The Hall–Kier alpha value is -0.380. The van der Waals surface area contributed by atoms with Gasteiger partial charge in [-0.1, -0.05) is 26.3 Å². The summed E-state index contributed by atoms with van der Waals surface area (Å²) in [7, 11) is 2.22. The highest BCUT2D eigenvalue weighted by molar-refractivity contribution is 7.09. The fraction of sp³-hybridized carbons (Fsp3) is 0.714. The van der Waals surface area contributed by atoms with Crippen LogP contribution in [0.15, 0.2) is 17.5 Å². The van der Waals surface area contributed by atoms with Crippen LogP contribution < -0.4 is 5.32 Å². The first-order chi connectivity index (χ1) is 8.22. The van der Waals surface area contributed by atoms with E-state index in [1.54, 1.807) is 0 Å². The van der Waals surface area contributed by atoms with Crippen molar-refractivity contribution >= 4 is 11.3 Å². The standard InChI is InChI=1S/C14H26N2S/c1-4-13(2)12-16(3)10-9-15-8-7-14-6-5-11-17-14/h5-6,11,13,15H,4,7-10,12H2,1-3H3. The van der Waals surface area contributed by atoms with Crippen LogP contribution in [0.3, 0.4) is 0 Å². The lowest BCUT2D eigenvalue weighted by Crippen LogP contribution is -2.32. The normalized spacial score (nSPS) is 13.2. The van der Waals surface area contributed by atoms with Crippen molar-refractivity contribution in [2.45, 2.75) is 26.7 Å². The Bertz CT molecular complexity index is 272. The van der Waals surface area contributed by atoms with Gasteiger partial charge < -0.3 is 10.2 Å². The highest BCUT2D eigenvalue weighted by atomic mass is 32.1. The van der Waals surface area contributed by atoms with Gasteiger partial charge >= 0.3 is 0 Å². The summed E-state index contributed by atoms with van der Waals surface area (Å²) in [6, 6.07) is 4.33. The van der Waals surface area contributed by atoms with Crippen molar-refractivity contribution in [3.05, 3.63) is 22.4 Å². The quantitative estimate of drug-likeness (QED) is 0.682. The van der Waals surface area contributed by atoms with E-state index in [1.807, 2.05) is 11.3 Å². The van der Waals surface area contributed by atoms with Crippen molar-refractivity contribution in [1.29, 1.82) is 0 Å². The van der Waals surface area contributed by atoms with Gasteiger partial charge in [-0.05, 0) is 30.8 Å². The van der Waals surface area contributed by atoms with Crippen molar-refractivity contribution in [3.63, 3.8) is 0 Å². The van der Waals surface area contributed by atoms with Gasteiger partial charge in [0, 0.05) is 31.1 Å². The Kier molecular flexibility index (Phi) is 7.49. The zero-order valence-corrected chi connectivity index (χ0v) is 12.2. The summed E-state index contributed by atoms with van der Waals surface area (Å²) in [5.41, 5.74) is 0. The molecule has 0 aliphatic heterocycles. The molecule has 0 aromatic carbocycles. The Balaban J connectivity index is 1.96. The summed E-state index contributed by atoms with van der Waals surface area (Å²) in [4.78, 5) is 3.90. The molecule has 1 atom stereocenters. The molecular formula is C14H26N2S. The Morgan fingerprint density at radius 1 is 1.41 bits per heavy atom. The lowest BCUT2D eigenvalue weighted by molar-refractivity contribution is 0.282. The zero-order chi connectivity index (χ0) is 12.5. The molecule has 3 heteroatoms. The van der Waals surface area contributed by atoms with Crippen molar-refractivity contribution in [2.75, 3.05) is 33.2 Å². The van der Waals surface area contributed by atoms with Crippen molar-refractivity contribution < 1.29 is 0 Å². The van der Waals surface area contributed by atoms with E-state index in [-0.39, 0.29) is 0 Å². The number of nitrogens with zero attached hydrogens (tertiary/aromatic N) is 1. The molecule has 1 N–H and O–H groups in total. The molecule has 1 rings (SSSR count). The maximum atomic E-state index is 3.51. The molecule has 0 radical (unpaired) electrons. The van der Waals surface area contributed by atoms with Crippen molar-refractivity contribution in [2.24, 2.45) is 5.92 Å². The number of rotatable bonds is 9. The van der Waals surface area contributed by atoms with E-state index in [0.29, 0.717) is 0 Å². The van der Waals surface area contributed by atoms with E-state index in [4.69, 9.17) is 0 Å². The van der Waals surface area contributed by atoms with E-state index >= 15 is 0 Å². The Morgan fingerprint density at radius 3 is 2.88 bits per heavy atom. The van der Waals surface area contributed by atoms with Gasteiger partial charge in [-0.3, -0.25) is 0 Å². The summed E-state index contributed by atoms with van der Waals surface area (Å²) in [5, 5.41) is 5.66. The molecule has 0 aliphatic rings. The first-order valence-electron chi connectivity index (χ1n) is 6.64. The van der Waals surface area contributed by atoms with E-state index in [0.717, 1.165) is 32.0 Å². The number of likely N-dealkylation sites (N-methyl/N-ethyl adjacent to an activating group) is 1. The minimum Gasteiger partial charge on any atom is -0.315 e. The van der Waals surface area contributed by atoms with Gasteiger partial charge in [-0.15, -0.1) is 11.3 Å². The molecule has 0 bridgehead atoms. The molecule has 1 aromatic heterocycles. The van der Waals surface area contributed by atoms with Crippen LogP contribution in [0.5, 0.6) is 0 Å². The molecule has 1 aromatic rings. The van der Waals surface area contributed by atoms with Gasteiger partial charge in [-0.2, -0.15) is 0 Å². The molecule has 2 nitrogen and oxygen atoms in total. The van der Waals surface area contributed by atoms with Crippen LogP contribution in [0, 0.1) is 5.92 Å². The van der Waals surface area contributed by atoms with Gasteiger partial charge in [0.2, 0.25) is 0 Å². The minimum absolute atomic E-state index is 0.811.